The predicted molar refractivity (Wildman–Crippen MR) is 53.7 cm³/mol. The molecule has 0 amide bonds. The highest BCUT2D eigenvalue weighted by Crippen LogP contribution is 2.00. The van der Waals surface area contributed by atoms with E-state index in [1.54, 1.807) is 0 Å². The Balaban J connectivity index is 3.19. The molecule has 3 nitrogen and oxygen atoms in total. The van der Waals surface area contributed by atoms with Crippen LogP contribution in [0, 0.1) is 0 Å². The number of unbranched alkanes of at least 4 members (excludes halogenated alkanes) is 1. The van der Waals surface area contributed by atoms with Crippen LogP contribution in [0.5, 0.6) is 0 Å². The van der Waals surface area contributed by atoms with Gasteiger partial charge in [-0.3, -0.25) is 0 Å². The van der Waals surface area contributed by atoms with E-state index in [1.165, 1.54) is 6.42 Å². The molecule has 0 aliphatic rings. The number of rotatable bonds is 8. The van der Waals surface area contributed by atoms with E-state index in [4.69, 9.17) is 5.11 Å². The van der Waals surface area contributed by atoms with Crippen molar-refractivity contribution in [2.24, 2.45) is 0 Å². The highest BCUT2D eigenvalue weighted by molar-refractivity contribution is 5.55. The Morgan fingerprint density at radius 2 is 2.08 bits per heavy atom. The molecule has 1 N–H and O–H groups in total. The fourth-order valence-electron chi connectivity index (χ4n) is 1.30. The number of carbonyl (C=O) groups excluding carboxylic acids is 1. The average Bonchev–Trinajstić information content (AvgIpc) is 2.12. The molecule has 78 valence electrons. The molecule has 13 heavy (non-hydrogen) atoms. The minimum Gasteiger partial charge on any atom is -0.386 e. The fourth-order valence-corrected chi connectivity index (χ4v) is 1.30. The van der Waals surface area contributed by atoms with Crippen LogP contribution in [0.1, 0.15) is 32.6 Å². The zero-order chi connectivity index (χ0) is 10.1. The Hall–Kier alpha value is -0.410. The summed E-state index contributed by atoms with van der Waals surface area (Å²) in [5.74, 6) is 0. The molecular formula is C10H21NO2. The van der Waals surface area contributed by atoms with E-state index < -0.39 is 6.10 Å². The summed E-state index contributed by atoms with van der Waals surface area (Å²) >= 11 is 0. The van der Waals surface area contributed by atoms with Crippen molar-refractivity contribution in [2.75, 3.05) is 20.1 Å². The Morgan fingerprint density at radius 1 is 1.38 bits per heavy atom. The van der Waals surface area contributed by atoms with E-state index in [0.29, 0.717) is 12.7 Å². The van der Waals surface area contributed by atoms with Gasteiger partial charge in [-0.15, -0.1) is 0 Å². The normalized spacial score (nSPS) is 13.2. The smallest absolute Gasteiger partial charge is 0.148 e. The molecule has 1 atom stereocenters. The Bertz CT molecular complexity index is 128. The zero-order valence-corrected chi connectivity index (χ0v) is 8.70. The van der Waals surface area contributed by atoms with Crippen molar-refractivity contribution in [3.63, 3.8) is 0 Å². The van der Waals surface area contributed by atoms with Crippen LogP contribution in [-0.2, 0) is 4.79 Å². The van der Waals surface area contributed by atoms with Gasteiger partial charge in [0.2, 0.25) is 0 Å². The maximum atomic E-state index is 10.1. The van der Waals surface area contributed by atoms with Crippen molar-refractivity contribution in [2.45, 2.75) is 38.7 Å². The third-order valence-corrected chi connectivity index (χ3v) is 2.05. The first-order valence-corrected chi connectivity index (χ1v) is 5.02. The molecule has 0 saturated carbocycles. The fraction of sp³-hybridized carbons (Fsp3) is 0.900. The van der Waals surface area contributed by atoms with E-state index in [1.807, 2.05) is 0 Å². The number of aliphatic hydroxyl groups is 1. The number of aliphatic hydroxyl groups excluding tert-OH is 1. The minimum atomic E-state index is -0.753. The summed E-state index contributed by atoms with van der Waals surface area (Å²) in [5, 5.41) is 8.94. The standard InChI is InChI=1S/C10H21NO2/c1-3-7-11(2)8-5-4-6-10(13)9-12/h9-10,13H,3-8H2,1-2H3/t10-/m1/s1. The number of hydrogen-bond acceptors (Lipinski definition) is 3. The summed E-state index contributed by atoms with van der Waals surface area (Å²) in [6.07, 6.45) is 3.61. The summed E-state index contributed by atoms with van der Waals surface area (Å²) in [7, 11) is 2.10. The van der Waals surface area contributed by atoms with Gasteiger partial charge in [0.1, 0.15) is 12.4 Å². The summed E-state index contributed by atoms with van der Waals surface area (Å²) < 4.78 is 0. The molecule has 0 heterocycles. The maximum absolute atomic E-state index is 10.1. The highest BCUT2D eigenvalue weighted by atomic mass is 16.3. The van der Waals surface area contributed by atoms with Crippen LogP contribution in [0.25, 0.3) is 0 Å². The minimum absolute atomic E-state index is 0.601. The first-order chi connectivity index (χ1) is 6.20. The van der Waals surface area contributed by atoms with Crippen molar-refractivity contribution in [3.05, 3.63) is 0 Å². The molecule has 0 rings (SSSR count). The Labute approximate surface area is 80.7 Å². The molecule has 0 aliphatic heterocycles. The van der Waals surface area contributed by atoms with Crippen LogP contribution in [0.2, 0.25) is 0 Å². The van der Waals surface area contributed by atoms with E-state index in [9.17, 15) is 4.79 Å². The van der Waals surface area contributed by atoms with Crippen molar-refractivity contribution >= 4 is 6.29 Å². The number of hydrogen-bond donors (Lipinski definition) is 1. The summed E-state index contributed by atoms with van der Waals surface area (Å²) in [6.45, 7) is 4.34. The second-order valence-corrected chi connectivity index (χ2v) is 3.50. The van der Waals surface area contributed by atoms with Crippen LogP contribution in [0.3, 0.4) is 0 Å². The van der Waals surface area contributed by atoms with Crippen LogP contribution < -0.4 is 0 Å². The van der Waals surface area contributed by atoms with Crippen molar-refractivity contribution in [1.29, 1.82) is 0 Å². The van der Waals surface area contributed by atoms with Crippen molar-refractivity contribution in [1.82, 2.24) is 4.90 Å². The third-order valence-electron chi connectivity index (χ3n) is 2.05. The van der Waals surface area contributed by atoms with Crippen LogP contribution in [0.15, 0.2) is 0 Å². The van der Waals surface area contributed by atoms with Crippen molar-refractivity contribution in [3.8, 4) is 0 Å². The van der Waals surface area contributed by atoms with E-state index in [2.05, 4.69) is 18.9 Å². The van der Waals surface area contributed by atoms with Gasteiger partial charge in [-0.1, -0.05) is 6.92 Å². The number of aldehydes is 1. The SMILES string of the molecule is CCCN(C)CCCC[C@@H](O)C=O. The average molecular weight is 187 g/mol. The van der Waals surface area contributed by atoms with Gasteiger partial charge in [0.25, 0.3) is 0 Å². The third kappa shape index (κ3) is 7.94. The van der Waals surface area contributed by atoms with Gasteiger partial charge < -0.3 is 14.8 Å². The van der Waals surface area contributed by atoms with E-state index in [0.717, 1.165) is 25.9 Å². The molecule has 0 aromatic carbocycles. The molecule has 0 aromatic rings. The second-order valence-electron chi connectivity index (χ2n) is 3.50. The summed E-state index contributed by atoms with van der Waals surface area (Å²) in [4.78, 5) is 12.3. The molecule has 0 unspecified atom stereocenters. The van der Waals surface area contributed by atoms with Gasteiger partial charge >= 0.3 is 0 Å². The van der Waals surface area contributed by atoms with Crippen LogP contribution >= 0.6 is 0 Å². The molecule has 0 spiro atoms. The molecule has 0 radical (unpaired) electrons. The number of nitrogens with zero attached hydrogens (tertiary/aromatic N) is 1. The lowest BCUT2D eigenvalue weighted by molar-refractivity contribution is -0.115. The Kier molecular flexibility index (Phi) is 7.94. The molecule has 0 fully saturated rings. The van der Waals surface area contributed by atoms with E-state index >= 15 is 0 Å². The van der Waals surface area contributed by atoms with Gasteiger partial charge in [0.15, 0.2) is 0 Å². The molecular weight excluding hydrogens is 166 g/mol. The van der Waals surface area contributed by atoms with Crippen LogP contribution in [-0.4, -0.2) is 42.5 Å². The first-order valence-electron chi connectivity index (χ1n) is 5.02. The topological polar surface area (TPSA) is 40.5 Å². The monoisotopic (exact) mass is 187 g/mol. The van der Waals surface area contributed by atoms with Gasteiger partial charge in [0.05, 0.1) is 0 Å². The lowest BCUT2D eigenvalue weighted by Crippen LogP contribution is -2.20. The highest BCUT2D eigenvalue weighted by Gasteiger charge is 2.01. The quantitative estimate of drug-likeness (QED) is 0.456. The van der Waals surface area contributed by atoms with E-state index in [-0.39, 0.29) is 0 Å². The second kappa shape index (κ2) is 8.20. The van der Waals surface area contributed by atoms with Crippen molar-refractivity contribution < 1.29 is 9.90 Å². The Morgan fingerprint density at radius 3 is 2.62 bits per heavy atom. The van der Waals surface area contributed by atoms with Gasteiger partial charge in [-0.25, -0.2) is 0 Å². The molecule has 3 heteroatoms. The lowest BCUT2D eigenvalue weighted by atomic mass is 10.1. The van der Waals surface area contributed by atoms with Gasteiger partial charge in [-0.2, -0.15) is 0 Å². The molecule has 0 aliphatic carbocycles. The zero-order valence-electron chi connectivity index (χ0n) is 8.70. The summed E-state index contributed by atoms with van der Waals surface area (Å²) in [5.41, 5.74) is 0. The predicted octanol–water partition coefficient (Wildman–Crippen LogP) is 1.06. The number of carbonyl (C=O) groups is 1. The largest absolute Gasteiger partial charge is 0.386 e. The lowest BCUT2D eigenvalue weighted by Gasteiger charge is -2.14. The van der Waals surface area contributed by atoms with Crippen LogP contribution in [0.4, 0.5) is 0 Å². The first kappa shape index (κ1) is 12.6. The molecule has 0 aromatic heterocycles. The summed E-state index contributed by atoms with van der Waals surface area (Å²) in [6, 6.07) is 0. The molecule has 0 saturated heterocycles. The molecule has 0 bridgehead atoms. The van der Waals surface area contributed by atoms with Gasteiger partial charge in [-0.05, 0) is 45.8 Å². The van der Waals surface area contributed by atoms with Gasteiger partial charge in [0, 0.05) is 0 Å². The maximum Gasteiger partial charge on any atom is 0.148 e.